The number of carbonyl (C=O) groups excluding carboxylic acids is 1. The number of allylic oxidation sites excluding steroid dienone is 1. The highest BCUT2D eigenvalue weighted by molar-refractivity contribution is 6.80. The van der Waals surface area contributed by atoms with Gasteiger partial charge in [0.25, 0.3) is 0 Å². The highest BCUT2D eigenvalue weighted by Crippen LogP contribution is 2.12. The summed E-state index contributed by atoms with van der Waals surface area (Å²) < 4.78 is 0. The van der Waals surface area contributed by atoms with Crippen molar-refractivity contribution in [2.24, 2.45) is 5.92 Å². The van der Waals surface area contributed by atoms with Gasteiger partial charge in [0, 0.05) is 11.5 Å². The predicted molar refractivity (Wildman–Crippen MR) is 72.4 cm³/mol. The van der Waals surface area contributed by atoms with E-state index in [9.17, 15) is 4.79 Å². The quantitative estimate of drug-likeness (QED) is 0.567. The molecule has 0 aromatic heterocycles. The Balaban J connectivity index is 2.73. The second-order valence-corrected chi connectivity index (χ2v) is 10.3. The molecular weight excluding hydrogens is 212 g/mol. The fourth-order valence-corrected chi connectivity index (χ4v) is 2.25. The van der Waals surface area contributed by atoms with Crippen LogP contribution in [0.5, 0.6) is 0 Å². The van der Waals surface area contributed by atoms with Crippen LogP contribution in [0.3, 0.4) is 0 Å². The third kappa shape index (κ3) is 4.15. The first-order valence-corrected chi connectivity index (χ1v) is 9.26. The number of hydrogen-bond acceptors (Lipinski definition) is 1. The monoisotopic (exact) mass is 232 g/mol. The molecule has 0 amide bonds. The lowest BCUT2D eigenvalue weighted by Crippen LogP contribution is -2.17. The number of carbonyl (C=O) groups is 1. The highest BCUT2D eigenvalue weighted by Gasteiger charge is 2.14. The van der Waals surface area contributed by atoms with Gasteiger partial charge < -0.3 is 0 Å². The molecule has 0 aliphatic carbocycles. The van der Waals surface area contributed by atoms with Crippen LogP contribution in [-0.4, -0.2) is 13.9 Å². The largest absolute Gasteiger partial charge is 0.294 e. The molecule has 0 spiro atoms. The summed E-state index contributed by atoms with van der Waals surface area (Å²) in [4.78, 5) is 12.0. The van der Waals surface area contributed by atoms with Gasteiger partial charge in [0.1, 0.15) is 0 Å². The van der Waals surface area contributed by atoms with Crippen molar-refractivity contribution in [2.75, 3.05) is 0 Å². The van der Waals surface area contributed by atoms with Crippen molar-refractivity contribution in [1.82, 2.24) is 0 Å². The number of ketones is 1. The molecule has 1 aromatic carbocycles. The molecule has 0 N–H and O–H groups in total. The molecule has 0 bridgehead atoms. The Morgan fingerprint density at radius 1 is 1.19 bits per heavy atom. The molecule has 0 radical (unpaired) electrons. The minimum absolute atomic E-state index is 0.0193. The van der Waals surface area contributed by atoms with E-state index in [0.717, 1.165) is 5.56 Å². The molecule has 1 aromatic rings. The third-order valence-electron chi connectivity index (χ3n) is 2.36. The topological polar surface area (TPSA) is 17.1 Å². The number of Topliss-reactive ketones (excluding diaryl/α,β-unsaturated/α-hetero) is 1. The molecule has 16 heavy (non-hydrogen) atoms. The van der Waals surface area contributed by atoms with Gasteiger partial charge in [0.2, 0.25) is 0 Å². The number of hydrogen-bond donors (Lipinski definition) is 0. The van der Waals surface area contributed by atoms with E-state index >= 15 is 0 Å². The van der Waals surface area contributed by atoms with Gasteiger partial charge in [-0.3, -0.25) is 4.79 Å². The summed E-state index contributed by atoms with van der Waals surface area (Å²) in [6.45, 7) is 8.77. The summed E-state index contributed by atoms with van der Waals surface area (Å²) in [6, 6.07) is 9.49. The molecule has 0 aliphatic heterocycles. The molecule has 1 nitrogen and oxygen atoms in total. The van der Waals surface area contributed by atoms with Crippen molar-refractivity contribution in [1.29, 1.82) is 0 Å². The zero-order valence-corrected chi connectivity index (χ0v) is 11.5. The Hall–Kier alpha value is -1.15. The van der Waals surface area contributed by atoms with Gasteiger partial charge >= 0.3 is 0 Å². The minimum Gasteiger partial charge on any atom is -0.294 e. The molecule has 86 valence electrons. The summed E-state index contributed by atoms with van der Waals surface area (Å²) >= 11 is 0. The van der Waals surface area contributed by atoms with Crippen molar-refractivity contribution in [3.8, 4) is 0 Å². The summed E-state index contributed by atoms with van der Waals surface area (Å²) in [7, 11) is -1.20. The van der Waals surface area contributed by atoms with E-state index in [-0.39, 0.29) is 11.7 Å². The van der Waals surface area contributed by atoms with Crippen molar-refractivity contribution < 1.29 is 4.79 Å². The van der Waals surface area contributed by atoms with Crippen LogP contribution in [0.1, 0.15) is 17.3 Å². The third-order valence-corrected chi connectivity index (χ3v) is 3.55. The lowest BCUT2D eigenvalue weighted by molar-refractivity contribution is 0.0953. The molecule has 0 heterocycles. The molecular formula is C14H20OSi. The Morgan fingerprint density at radius 3 is 2.25 bits per heavy atom. The fourth-order valence-electron chi connectivity index (χ4n) is 1.39. The van der Waals surface area contributed by atoms with Gasteiger partial charge in [0.05, 0.1) is 8.07 Å². The van der Waals surface area contributed by atoms with E-state index in [0.29, 0.717) is 0 Å². The number of rotatable bonds is 4. The van der Waals surface area contributed by atoms with E-state index in [2.05, 4.69) is 31.4 Å². The van der Waals surface area contributed by atoms with E-state index in [4.69, 9.17) is 0 Å². The van der Waals surface area contributed by atoms with Crippen LogP contribution in [0.4, 0.5) is 0 Å². The smallest absolute Gasteiger partial charge is 0.169 e. The van der Waals surface area contributed by atoms with Gasteiger partial charge in [-0.15, -0.1) is 0 Å². The van der Waals surface area contributed by atoms with Crippen LogP contribution in [-0.2, 0) is 0 Å². The maximum Gasteiger partial charge on any atom is 0.169 e. The standard InChI is InChI=1S/C14H20OSi/c1-12(10-11-16(2,3)4)14(15)13-8-6-5-7-9-13/h5-12H,1-4H3/b11-10-. The van der Waals surface area contributed by atoms with Crippen LogP contribution >= 0.6 is 0 Å². The molecule has 0 saturated heterocycles. The van der Waals surface area contributed by atoms with Crippen LogP contribution in [0.15, 0.2) is 42.1 Å². The molecule has 0 saturated carbocycles. The lowest BCUT2D eigenvalue weighted by Gasteiger charge is -2.11. The number of benzene rings is 1. The molecule has 0 aliphatic rings. The molecule has 0 fully saturated rings. The van der Waals surface area contributed by atoms with Crippen LogP contribution < -0.4 is 0 Å². The zero-order valence-electron chi connectivity index (χ0n) is 10.5. The van der Waals surface area contributed by atoms with Crippen LogP contribution in [0, 0.1) is 5.92 Å². The molecule has 1 unspecified atom stereocenters. The Morgan fingerprint density at radius 2 is 1.75 bits per heavy atom. The van der Waals surface area contributed by atoms with Crippen LogP contribution in [0.25, 0.3) is 0 Å². The van der Waals surface area contributed by atoms with Crippen molar-refractivity contribution in [2.45, 2.75) is 26.6 Å². The lowest BCUT2D eigenvalue weighted by atomic mass is 10.00. The van der Waals surface area contributed by atoms with Gasteiger partial charge in [-0.1, -0.05) is 68.7 Å². The molecule has 1 rings (SSSR count). The van der Waals surface area contributed by atoms with Gasteiger partial charge in [-0.25, -0.2) is 0 Å². The first-order valence-electron chi connectivity index (χ1n) is 5.69. The van der Waals surface area contributed by atoms with Crippen LogP contribution in [0.2, 0.25) is 19.6 Å². The predicted octanol–water partition coefficient (Wildman–Crippen LogP) is 3.94. The average molecular weight is 232 g/mol. The van der Waals surface area contributed by atoms with Gasteiger partial charge in [-0.2, -0.15) is 0 Å². The first kappa shape index (κ1) is 12.9. The normalized spacial score (nSPS) is 14.0. The second-order valence-electron chi connectivity index (χ2n) is 5.24. The average Bonchev–Trinajstić information content (AvgIpc) is 2.25. The zero-order chi connectivity index (χ0) is 12.2. The van der Waals surface area contributed by atoms with Crippen molar-refractivity contribution >= 4 is 13.9 Å². The van der Waals surface area contributed by atoms with Gasteiger partial charge in [0.15, 0.2) is 5.78 Å². The van der Waals surface area contributed by atoms with E-state index in [1.165, 1.54) is 0 Å². The van der Waals surface area contributed by atoms with Gasteiger partial charge in [-0.05, 0) is 0 Å². The minimum atomic E-state index is -1.20. The summed E-state index contributed by atoms with van der Waals surface area (Å²) in [5.41, 5.74) is 3.04. The summed E-state index contributed by atoms with van der Waals surface area (Å²) in [5, 5.41) is 0. The Kier molecular flexibility index (Phi) is 4.24. The maximum absolute atomic E-state index is 12.0. The van der Waals surface area contributed by atoms with Crippen molar-refractivity contribution in [3.05, 3.63) is 47.7 Å². The Bertz CT molecular complexity index is 373. The summed E-state index contributed by atoms with van der Waals surface area (Å²) in [5.74, 6) is 0.184. The fraction of sp³-hybridized carbons (Fsp3) is 0.357. The molecule has 1 atom stereocenters. The maximum atomic E-state index is 12.0. The van der Waals surface area contributed by atoms with E-state index in [1.807, 2.05) is 37.3 Å². The van der Waals surface area contributed by atoms with E-state index < -0.39 is 8.07 Å². The summed E-state index contributed by atoms with van der Waals surface area (Å²) in [6.07, 6.45) is 2.06. The van der Waals surface area contributed by atoms with E-state index in [1.54, 1.807) is 0 Å². The Labute approximate surface area is 99.2 Å². The SMILES string of the molecule is CC(/C=C\[Si](C)(C)C)C(=O)c1ccccc1. The van der Waals surface area contributed by atoms with Crippen molar-refractivity contribution in [3.63, 3.8) is 0 Å². The second kappa shape index (κ2) is 5.26. The highest BCUT2D eigenvalue weighted by atomic mass is 28.3. The molecule has 2 heteroatoms. The first-order chi connectivity index (χ1) is 7.40.